The highest BCUT2D eigenvalue weighted by Crippen LogP contribution is 2.53. The third-order valence-corrected chi connectivity index (χ3v) is 26.7. The largest absolute Gasteiger partial charge is 0.456 e. The second-order valence-electron chi connectivity index (χ2n) is 33.7. The van der Waals surface area contributed by atoms with Gasteiger partial charge in [0.2, 0.25) is 0 Å². The fourth-order valence-corrected chi connectivity index (χ4v) is 20.4. The minimum atomic E-state index is 0.0485. The first-order valence-electron chi connectivity index (χ1n) is 41.1. The molecule has 2 aliphatic carbocycles. The van der Waals surface area contributed by atoms with E-state index >= 15 is 0 Å². The number of fused-ring (bicyclic) bond motifs is 12. The Balaban J connectivity index is 0.0000000953. The van der Waals surface area contributed by atoms with Crippen LogP contribution in [-0.2, 0) is 10.8 Å². The molecule has 4 heteroatoms. The van der Waals surface area contributed by atoms with Crippen molar-refractivity contribution in [3.63, 3.8) is 0 Å². The highest BCUT2D eigenvalue weighted by atomic mass is 32.1. The third kappa shape index (κ3) is 14.0. The molecule has 24 rings (SSSR count). The van der Waals surface area contributed by atoms with Crippen molar-refractivity contribution < 1.29 is 8.83 Å². The van der Waals surface area contributed by atoms with E-state index in [4.69, 9.17) is 8.83 Å². The number of aryl methyl sites for hydroxylation is 8. The maximum absolute atomic E-state index is 5.94. The van der Waals surface area contributed by atoms with Crippen molar-refractivity contribution in [1.82, 2.24) is 0 Å². The summed E-state index contributed by atoms with van der Waals surface area (Å²) in [6.07, 6.45) is 0. The molecule has 0 saturated heterocycles. The summed E-state index contributed by atoms with van der Waals surface area (Å²) in [4.78, 5) is 0. The predicted molar refractivity (Wildman–Crippen MR) is 513 cm³/mol. The number of furan rings is 2. The number of thiophene rings is 2. The van der Waals surface area contributed by atoms with Gasteiger partial charge < -0.3 is 8.83 Å². The summed E-state index contributed by atoms with van der Waals surface area (Å²) in [5.41, 5.74) is 30.5. The summed E-state index contributed by atoms with van der Waals surface area (Å²) in [7, 11) is 0. The lowest BCUT2D eigenvalue weighted by molar-refractivity contribution is 0.662. The highest BCUT2D eigenvalue weighted by Gasteiger charge is 2.36. The van der Waals surface area contributed by atoms with E-state index in [2.05, 4.69) is 386 Å². The second kappa shape index (κ2) is 30.3. The van der Waals surface area contributed by atoms with E-state index < -0.39 is 0 Å². The van der Waals surface area contributed by atoms with Gasteiger partial charge in [0, 0.05) is 72.7 Å². The molecule has 22 aromatic rings. The molecule has 0 amide bonds. The summed E-state index contributed by atoms with van der Waals surface area (Å²) < 4.78 is 17.2. The van der Waals surface area contributed by atoms with Crippen LogP contribution in [0.25, 0.3) is 172 Å². The quantitative estimate of drug-likeness (QED) is 0.164. The Hall–Kier alpha value is -13.0. The van der Waals surface area contributed by atoms with Gasteiger partial charge in [0.1, 0.15) is 22.3 Å². The van der Waals surface area contributed by atoms with E-state index in [0.717, 1.165) is 22.3 Å². The third-order valence-electron chi connectivity index (χ3n) is 24.4. The molecule has 0 aliphatic heterocycles. The molecule has 118 heavy (non-hydrogen) atoms. The van der Waals surface area contributed by atoms with Gasteiger partial charge in [0.15, 0.2) is 0 Å². The number of rotatable bonds is 4. The van der Waals surface area contributed by atoms with Crippen LogP contribution >= 0.6 is 22.7 Å². The van der Waals surface area contributed by atoms with Gasteiger partial charge in [0.25, 0.3) is 0 Å². The van der Waals surface area contributed by atoms with Crippen LogP contribution in [0.5, 0.6) is 0 Å². The minimum absolute atomic E-state index is 0.0485. The predicted octanol–water partition coefficient (Wildman–Crippen LogP) is 33.7. The maximum Gasteiger partial charge on any atom is 0.136 e. The van der Waals surface area contributed by atoms with E-state index in [0.29, 0.717) is 0 Å². The lowest BCUT2D eigenvalue weighted by Crippen LogP contribution is -2.15. The monoisotopic (exact) mass is 1560 g/mol. The molecule has 0 atom stereocenters. The van der Waals surface area contributed by atoms with E-state index in [1.54, 1.807) is 0 Å². The van der Waals surface area contributed by atoms with E-state index in [-0.39, 0.29) is 10.8 Å². The van der Waals surface area contributed by atoms with Gasteiger partial charge >= 0.3 is 0 Å². The van der Waals surface area contributed by atoms with Crippen molar-refractivity contribution in [2.45, 2.75) is 93.9 Å². The number of para-hydroxylation sites is 2. The summed E-state index contributed by atoms with van der Waals surface area (Å²) in [5.74, 6) is 0. The standard InChI is InChI=1S/2C25H22.C19H14O.C19H14S.C13H10O.C13H10S/c2*1-15-5-7-17(8-6-15)20-13-19-10-9-18-11-16(2)12-21-23(18)24(19)22(14-20)25(21,3)4;2*1-13-6-8-14(9-7-13)15-10-11-17-16-4-2-3-5-18(16)20-19(17)12-15;2*1-9-6-7-11-10-4-2-3-5-12(10)14-13(11)8-9/h2*5-14H,1-4H3;2*2-12H,1H3;2*2-8H,1H3. The molecule has 0 saturated carbocycles. The van der Waals surface area contributed by atoms with Crippen LogP contribution in [0.3, 0.4) is 0 Å². The van der Waals surface area contributed by atoms with Crippen LogP contribution in [0.1, 0.15) is 94.5 Å². The van der Waals surface area contributed by atoms with Crippen molar-refractivity contribution in [2.24, 2.45) is 0 Å². The Bertz CT molecular complexity index is 7210. The van der Waals surface area contributed by atoms with Crippen molar-refractivity contribution in [3.8, 4) is 44.5 Å². The molecule has 2 aliphatic rings. The zero-order valence-corrected chi connectivity index (χ0v) is 70.6. The Labute approximate surface area is 698 Å². The molecule has 18 aromatic carbocycles. The first-order chi connectivity index (χ1) is 57.2. The Morgan fingerprint density at radius 3 is 0.907 bits per heavy atom. The van der Waals surface area contributed by atoms with Gasteiger partial charge in [-0.1, -0.05) is 322 Å². The van der Waals surface area contributed by atoms with Crippen LogP contribution in [0.2, 0.25) is 0 Å². The normalized spacial score (nSPS) is 12.7. The van der Waals surface area contributed by atoms with Crippen molar-refractivity contribution in [3.05, 3.63) is 406 Å². The maximum atomic E-state index is 5.94. The fraction of sp³-hybridized carbons (Fsp3) is 0.123. The Morgan fingerprint density at radius 1 is 0.186 bits per heavy atom. The van der Waals surface area contributed by atoms with Crippen LogP contribution in [0.15, 0.2) is 349 Å². The van der Waals surface area contributed by atoms with Crippen LogP contribution in [0, 0.1) is 55.4 Å². The zero-order valence-electron chi connectivity index (χ0n) is 69.0. The number of hydrogen-bond donors (Lipinski definition) is 0. The van der Waals surface area contributed by atoms with Crippen molar-refractivity contribution >= 4 is 150 Å². The number of hydrogen-bond acceptors (Lipinski definition) is 4. The molecular formula is C114H92O2S2. The molecule has 572 valence electrons. The fourth-order valence-electron chi connectivity index (χ4n) is 18.0. The first kappa shape index (κ1) is 75.1. The molecule has 0 spiro atoms. The highest BCUT2D eigenvalue weighted by molar-refractivity contribution is 7.26. The van der Waals surface area contributed by atoms with Gasteiger partial charge in [-0.05, 0) is 255 Å². The van der Waals surface area contributed by atoms with Crippen molar-refractivity contribution in [2.75, 3.05) is 0 Å². The molecule has 0 fully saturated rings. The van der Waals surface area contributed by atoms with Crippen LogP contribution in [0.4, 0.5) is 0 Å². The summed E-state index contributed by atoms with van der Waals surface area (Å²) in [5, 5.41) is 21.5. The van der Waals surface area contributed by atoms with Gasteiger partial charge in [-0.2, -0.15) is 0 Å². The molecule has 0 unspecified atom stereocenters. The molecule has 2 nitrogen and oxygen atoms in total. The van der Waals surface area contributed by atoms with E-state index in [9.17, 15) is 0 Å². The van der Waals surface area contributed by atoms with Crippen LogP contribution < -0.4 is 0 Å². The Morgan fingerprint density at radius 2 is 0.475 bits per heavy atom. The average Bonchev–Trinajstić information content (AvgIpc) is 1.55. The molecule has 0 bridgehead atoms. The van der Waals surface area contributed by atoms with Gasteiger partial charge in [-0.25, -0.2) is 0 Å². The first-order valence-corrected chi connectivity index (χ1v) is 42.8. The smallest absolute Gasteiger partial charge is 0.136 e. The summed E-state index contributed by atoms with van der Waals surface area (Å²) in [6, 6.07) is 123. The lowest BCUT2D eigenvalue weighted by Gasteiger charge is -2.23. The minimum Gasteiger partial charge on any atom is -0.456 e. The molecular weight excluding hydrogens is 1470 g/mol. The molecule has 4 aromatic heterocycles. The SMILES string of the molecule is Cc1ccc(-c2cc3c4c(ccc5cc(C)cc(c54)C3(C)C)c2)cc1.Cc1ccc(-c2cc3c4c(ccc5cc(C)cc(c54)C3(C)C)c2)cc1.Cc1ccc(-c2ccc3c(c2)oc2ccccc23)cc1.Cc1ccc(-c2ccc3c(c2)sc2ccccc23)cc1.Cc1ccc2c(c1)oc1ccccc12.Cc1ccc2c(c1)sc1ccccc12. The van der Waals surface area contributed by atoms with Gasteiger partial charge in [-0.3, -0.25) is 0 Å². The molecule has 4 heterocycles. The van der Waals surface area contributed by atoms with Crippen molar-refractivity contribution in [1.29, 1.82) is 0 Å². The van der Waals surface area contributed by atoms with E-state index in [1.165, 1.54) is 216 Å². The lowest BCUT2D eigenvalue weighted by atomic mass is 9.80. The van der Waals surface area contributed by atoms with Crippen LogP contribution in [-0.4, -0.2) is 0 Å². The zero-order chi connectivity index (χ0) is 80.8. The summed E-state index contributed by atoms with van der Waals surface area (Å²) >= 11 is 3.75. The topological polar surface area (TPSA) is 26.3 Å². The number of benzene rings is 18. The van der Waals surface area contributed by atoms with Gasteiger partial charge in [-0.15, -0.1) is 22.7 Å². The molecule has 0 radical (unpaired) electrons. The van der Waals surface area contributed by atoms with E-state index in [1.807, 2.05) is 59.1 Å². The second-order valence-corrected chi connectivity index (χ2v) is 35.9. The summed E-state index contributed by atoms with van der Waals surface area (Å²) in [6.45, 7) is 26.6. The average molecular weight is 1560 g/mol. The molecule has 0 N–H and O–H groups in total. The Kier molecular flexibility index (Phi) is 19.3. The van der Waals surface area contributed by atoms with Gasteiger partial charge in [0.05, 0.1) is 0 Å².